The molecule has 2 aromatic carbocycles. The van der Waals surface area contributed by atoms with Crippen molar-refractivity contribution in [2.24, 2.45) is 0 Å². The third-order valence-corrected chi connectivity index (χ3v) is 4.26. The summed E-state index contributed by atoms with van der Waals surface area (Å²) in [5, 5.41) is 2.94. The lowest BCUT2D eigenvalue weighted by Crippen LogP contribution is -2.14. The van der Waals surface area contributed by atoms with Gasteiger partial charge in [0.25, 0.3) is 0 Å². The maximum Gasteiger partial charge on any atom is 0.228 e. The molecule has 0 saturated carbocycles. The molecule has 0 aliphatic rings. The highest BCUT2D eigenvalue weighted by Gasteiger charge is 2.07. The molecule has 1 aromatic heterocycles. The minimum Gasteiger partial charge on any atom is -0.325 e. The highest BCUT2D eigenvalue weighted by molar-refractivity contribution is 9.10. The van der Waals surface area contributed by atoms with Gasteiger partial charge in [-0.2, -0.15) is 0 Å². The number of anilines is 1. The summed E-state index contributed by atoms with van der Waals surface area (Å²) >= 11 is 3.48. The van der Waals surface area contributed by atoms with E-state index in [0.29, 0.717) is 6.42 Å². The third-order valence-electron chi connectivity index (χ3n) is 3.60. The molecule has 116 valence electrons. The van der Waals surface area contributed by atoms with Crippen molar-refractivity contribution in [2.75, 3.05) is 5.32 Å². The van der Waals surface area contributed by atoms with Gasteiger partial charge >= 0.3 is 0 Å². The molecule has 0 unspecified atom stereocenters. The number of rotatable bonds is 4. The fraction of sp³-hybridized carbons (Fsp3) is 0.105. The average Bonchev–Trinajstić information content (AvgIpc) is 3.05. The van der Waals surface area contributed by atoms with Crippen molar-refractivity contribution in [3.8, 4) is 5.69 Å². The van der Waals surface area contributed by atoms with Gasteiger partial charge in [-0.1, -0.05) is 18.2 Å². The van der Waals surface area contributed by atoms with Crippen molar-refractivity contribution in [3.05, 3.63) is 82.6 Å². The molecule has 0 fully saturated rings. The van der Waals surface area contributed by atoms with Crippen molar-refractivity contribution in [3.63, 3.8) is 0 Å². The number of aromatic nitrogens is 1. The van der Waals surface area contributed by atoms with Crippen molar-refractivity contribution in [2.45, 2.75) is 13.3 Å². The highest BCUT2D eigenvalue weighted by atomic mass is 79.9. The smallest absolute Gasteiger partial charge is 0.228 e. The van der Waals surface area contributed by atoms with Gasteiger partial charge in [0.2, 0.25) is 5.91 Å². The predicted molar refractivity (Wildman–Crippen MR) is 97.0 cm³/mol. The largest absolute Gasteiger partial charge is 0.325 e. The van der Waals surface area contributed by atoms with Crippen LogP contribution >= 0.6 is 15.9 Å². The van der Waals surface area contributed by atoms with Crippen LogP contribution in [0.2, 0.25) is 0 Å². The van der Waals surface area contributed by atoms with Gasteiger partial charge in [-0.3, -0.25) is 4.79 Å². The van der Waals surface area contributed by atoms with Crippen molar-refractivity contribution >= 4 is 27.5 Å². The van der Waals surface area contributed by atoms with E-state index in [-0.39, 0.29) is 5.91 Å². The number of aryl methyl sites for hydroxylation is 1. The average molecular weight is 369 g/mol. The Morgan fingerprint density at radius 3 is 2.43 bits per heavy atom. The van der Waals surface area contributed by atoms with Crippen LogP contribution in [0.4, 0.5) is 5.69 Å². The summed E-state index contributed by atoms with van der Waals surface area (Å²) in [5.74, 6) is -0.0248. The normalized spacial score (nSPS) is 10.5. The van der Waals surface area contributed by atoms with Crippen molar-refractivity contribution < 1.29 is 4.79 Å². The molecule has 1 N–H and O–H groups in total. The molecule has 0 atom stereocenters. The van der Waals surface area contributed by atoms with E-state index >= 15 is 0 Å². The monoisotopic (exact) mass is 368 g/mol. The van der Waals surface area contributed by atoms with E-state index in [1.54, 1.807) is 0 Å². The standard InChI is InChI=1S/C19H17BrN2O/c1-14-4-9-18(17(20)12-14)21-19(23)13-15-5-7-16(8-6-15)22-10-2-3-11-22/h2-12H,13H2,1H3,(H,21,23). The zero-order valence-corrected chi connectivity index (χ0v) is 14.4. The minimum atomic E-state index is -0.0248. The van der Waals surface area contributed by atoms with Crippen LogP contribution in [0, 0.1) is 6.92 Å². The second-order valence-corrected chi connectivity index (χ2v) is 6.32. The van der Waals surface area contributed by atoms with Crippen LogP contribution in [0.1, 0.15) is 11.1 Å². The van der Waals surface area contributed by atoms with Crippen LogP contribution < -0.4 is 5.32 Å². The van der Waals surface area contributed by atoms with E-state index in [1.165, 1.54) is 0 Å². The maximum absolute atomic E-state index is 12.2. The van der Waals surface area contributed by atoms with Crippen LogP contribution in [0.3, 0.4) is 0 Å². The first kappa shape index (κ1) is 15.6. The van der Waals surface area contributed by atoms with E-state index in [9.17, 15) is 4.79 Å². The van der Waals surface area contributed by atoms with Crippen LogP contribution in [0.5, 0.6) is 0 Å². The van der Waals surface area contributed by atoms with Gasteiger partial charge in [0.1, 0.15) is 0 Å². The Bertz CT molecular complexity index is 808. The first-order valence-corrected chi connectivity index (χ1v) is 8.19. The topological polar surface area (TPSA) is 34.0 Å². The van der Waals surface area contributed by atoms with Gasteiger partial charge in [-0.15, -0.1) is 0 Å². The Balaban J connectivity index is 1.66. The summed E-state index contributed by atoms with van der Waals surface area (Å²) in [5.41, 5.74) is 4.02. The Labute approximate surface area is 144 Å². The molecule has 23 heavy (non-hydrogen) atoms. The molecule has 3 aromatic rings. The molecule has 0 spiro atoms. The van der Waals surface area contributed by atoms with E-state index in [1.807, 2.05) is 78.5 Å². The number of nitrogens with zero attached hydrogens (tertiary/aromatic N) is 1. The lowest BCUT2D eigenvalue weighted by atomic mass is 10.1. The zero-order chi connectivity index (χ0) is 16.2. The second kappa shape index (κ2) is 6.84. The van der Waals surface area contributed by atoms with Gasteiger partial charge in [0.15, 0.2) is 0 Å². The Morgan fingerprint density at radius 2 is 1.78 bits per heavy atom. The third kappa shape index (κ3) is 3.90. The predicted octanol–water partition coefficient (Wildman–Crippen LogP) is 4.73. The van der Waals surface area contributed by atoms with E-state index < -0.39 is 0 Å². The van der Waals surface area contributed by atoms with Gasteiger partial charge in [0.05, 0.1) is 12.1 Å². The van der Waals surface area contributed by atoms with Crippen molar-refractivity contribution in [1.29, 1.82) is 0 Å². The van der Waals surface area contributed by atoms with Crippen LogP contribution in [0.15, 0.2) is 71.5 Å². The van der Waals surface area contributed by atoms with Gasteiger partial charge in [-0.05, 0) is 70.4 Å². The van der Waals surface area contributed by atoms with Crippen LogP contribution in [-0.2, 0) is 11.2 Å². The van der Waals surface area contributed by atoms with Gasteiger partial charge < -0.3 is 9.88 Å². The number of carbonyl (C=O) groups is 1. The summed E-state index contributed by atoms with van der Waals surface area (Å²) in [4.78, 5) is 12.2. The Kier molecular flexibility index (Phi) is 4.63. The number of nitrogens with one attached hydrogen (secondary N) is 1. The first-order chi connectivity index (χ1) is 11.1. The van der Waals surface area contributed by atoms with E-state index in [0.717, 1.165) is 27.0 Å². The van der Waals surface area contributed by atoms with Crippen LogP contribution in [-0.4, -0.2) is 10.5 Å². The molecular formula is C19H17BrN2O. The lowest BCUT2D eigenvalue weighted by Gasteiger charge is -2.09. The molecule has 4 heteroatoms. The molecular weight excluding hydrogens is 352 g/mol. The Hall–Kier alpha value is -2.33. The molecule has 0 saturated heterocycles. The molecule has 1 heterocycles. The van der Waals surface area contributed by atoms with Crippen LogP contribution in [0.25, 0.3) is 5.69 Å². The Morgan fingerprint density at radius 1 is 1.09 bits per heavy atom. The zero-order valence-electron chi connectivity index (χ0n) is 12.8. The molecule has 3 rings (SSSR count). The fourth-order valence-electron chi connectivity index (χ4n) is 2.39. The number of hydrogen-bond acceptors (Lipinski definition) is 1. The highest BCUT2D eigenvalue weighted by Crippen LogP contribution is 2.23. The molecule has 0 bridgehead atoms. The molecule has 0 radical (unpaired) electrons. The molecule has 0 aliphatic heterocycles. The van der Waals surface area contributed by atoms with E-state index in [4.69, 9.17) is 0 Å². The summed E-state index contributed by atoms with van der Waals surface area (Å²) in [6, 6.07) is 17.9. The second-order valence-electron chi connectivity index (χ2n) is 5.47. The first-order valence-electron chi connectivity index (χ1n) is 7.40. The summed E-state index contributed by atoms with van der Waals surface area (Å²) < 4.78 is 2.93. The fourth-order valence-corrected chi connectivity index (χ4v) is 2.99. The number of benzene rings is 2. The van der Waals surface area contributed by atoms with Gasteiger partial charge in [0, 0.05) is 22.6 Å². The van der Waals surface area contributed by atoms with Gasteiger partial charge in [-0.25, -0.2) is 0 Å². The number of carbonyl (C=O) groups excluding carboxylic acids is 1. The number of hydrogen-bond donors (Lipinski definition) is 1. The molecule has 0 aliphatic carbocycles. The maximum atomic E-state index is 12.2. The lowest BCUT2D eigenvalue weighted by molar-refractivity contribution is -0.115. The SMILES string of the molecule is Cc1ccc(NC(=O)Cc2ccc(-n3cccc3)cc2)c(Br)c1. The molecule has 3 nitrogen and oxygen atoms in total. The summed E-state index contributed by atoms with van der Waals surface area (Å²) in [7, 11) is 0. The summed E-state index contributed by atoms with van der Waals surface area (Å²) in [6.07, 6.45) is 4.35. The van der Waals surface area contributed by atoms with Crippen molar-refractivity contribution in [1.82, 2.24) is 4.57 Å². The number of halogens is 1. The van der Waals surface area contributed by atoms with E-state index in [2.05, 4.69) is 21.2 Å². The molecule has 1 amide bonds. The summed E-state index contributed by atoms with van der Waals surface area (Å²) in [6.45, 7) is 2.02. The quantitative estimate of drug-likeness (QED) is 0.709. The number of amides is 1. The minimum absolute atomic E-state index is 0.0248.